The molecule has 0 amide bonds. The molecule has 0 saturated heterocycles. The third-order valence-electron chi connectivity index (χ3n) is 3.64. The molecule has 2 heteroatoms. The standard InChI is InChI=1S/C19H27NS/c1-14(2)17(18-7-6-12-21-18)13-15-8-10-16(11-9-15)20-19(3,4)5/h6-12,14,17,20H,13H2,1-5H3. The molecule has 2 rings (SSSR count). The van der Waals surface area contributed by atoms with Crippen LogP contribution in [-0.4, -0.2) is 5.54 Å². The van der Waals surface area contributed by atoms with Gasteiger partial charge >= 0.3 is 0 Å². The lowest BCUT2D eigenvalue weighted by molar-refractivity contribution is 0.502. The maximum Gasteiger partial charge on any atom is 0.0344 e. The normalized spacial score (nSPS) is 13.4. The van der Waals surface area contributed by atoms with Gasteiger partial charge in [0.05, 0.1) is 0 Å². The summed E-state index contributed by atoms with van der Waals surface area (Å²) < 4.78 is 0. The monoisotopic (exact) mass is 301 g/mol. The largest absolute Gasteiger partial charge is 0.380 e. The number of hydrogen-bond donors (Lipinski definition) is 1. The van der Waals surface area contributed by atoms with Crippen molar-refractivity contribution >= 4 is 17.0 Å². The van der Waals surface area contributed by atoms with Gasteiger partial charge in [-0.2, -0.15) is 0 Å². The number of rotatable bonds is 5. The summed E-state index contributed by atoms with van der Waals surface area (Å²) in [6.45, 7) is 11.2. The molecule has 0 spiro atoms. The summed E-state index contributed by atoms with van der Waals surface area (Å²) in [5.74, 6) is 1.28. The Morgan fingerprint density at radius 3 is 2.19 bits per heavy atom. The molecule has 0 radical (unpaired) electrons. The molecule has 1 unspecified atom stereocenters. The molecule has 0 fully saturated rings. The lowest BCUT2D eigenvalue weighted by atomic mass is 9.88. The quantitative estimate of drug-likeness (QED) is 0.720. The van der Waals surface area contributed by atoms with Crippen molar-refractivity contribution in [2.24, 2.45) is 5.92 Å². The van der Waals surface area contributed by atoms with Gasteiger partial charge in [-0.15, -0.1) is 11.3 Å². The first-order valence-corrected chi connectivity index (χ1v) is 8.63. The van der Waals surface area contributed by atoms with Crippen LogP contribution in [0, 0.1) is 5.92 Å². The van der Waals surface area contributed by atoms with Gasteiger partial charge in [0, 0.05) is 16.1 Å². The third-order valence-corrected chi connectivity index (χ3v) is 4.65. The fourth-order valence-electron chi connectivity index (χ4n) is 2.58. The molecule has 0 aliphatic carbocycles. The lowest BCUT2D eigenvalue weighted by Gasteiger charge is -2.23. The Morgan fingerprint density at radius 1 is 1.05 bits per heavy atom. The highest BCUT2D eigenvalue weighted by atomic mass is 32.1. The fourth-order valence-corrected chi connectivity index (χ4v) is 3.58. The molecule has 1 N–H and O–H groups in total. The molecule has 21 heavy (non-hydrogen) atoms. The number of thiophene rings is 1. The van der Waals surface area contributed by atoms with Gasteiger partial charge in [-0.3, -0.25) is 0 Å². The Morgan fingerprint density at radius 2 is 1.71 bits per heavy atom. The van der Waals surface area contributed by atoms with Crippen LogP contribution in [0.5, 0.6) is 0 Å². The highest BCUT2D eigenvalue weighted by Crippen LogP contribution is 2.31. The van der Waals surface area contributed by atoms with Crippen LogP contribution in [-0.2, 0) is 6.42 Å². The van der Waals surface area contributed by atoms with E-state index in [1.54, 1.807) is 0 Å². The van der Waals surface area contributed by atoms with Crippen molar-refractivity contribution < 1.29 is 0 Å². The zero-order chi connectivity index (χ0) is 15.5. The third kappa shape index (κ3) is 4.89. The second-order valence-corrected chi connectivity index (χ2v) is 8.12. The van der Waals surface area contributed by atoms with Crippen LogP contribution in [0.3, 0.4) is 0 Å². The van der Waals surface area contributed by atoms with Crippen LogP contribution in [0.4, 0.5) is 5.69 Å². The SMILES string of the molecule is CC(C)C(Cc1ccc(NC(C)(C)C)cc1)c1cccs1. The number of anilines is 1. The lowest BCUT2D eigenvalue weighted by Crippen LogP contribution is -2.25. The molecule has 0 aliphatic rings. The Labute approximate surface area is 133 Å². The van der Waals surface area contributed by atoms with Crippen molar-refractivity contribution in [2.75, 3.05) is 5.32 Å². The van der Waals surface area contributed by atoms with Crippen molar-refractivity contribution in [3.05, 3.63) is 52.2 Å². The van der Waals surface area contributed by atoms with E-state index in [0.717, 1.165) is 6.42 Å². The van der Waals surface area contributed by atoms with E-state index in [1.165, 1.54) is 16.1 Å². The van der Waals surface area contributed by atoms with E-state index in [2.05, 4.69) is 81.7 Å². The number of nitrogens with one attached hydrogen (secondary N) is 1. The van der Waals surface area contributed by atoms with Crippen LogP contribution < -0.4 is 5.32 Å². The average molecular weight is 301 g/mol. The van der Waals surface area contributed by atoms with Crippen LogP contribution in [0.2, 0.25) is 0 Å². The summed E-state index contributed by atoms with van der Waals surface area (Å²) in [5.41, 5.74) is 2.73. The van der Waals surface area contributed by atoms with Gasteiger partial charge in [0.2, 0.25) is 0 Å². The molecular weight excluding hydrogens is 274 g/mol. The summed E-state index contributed by atoms with van der Waals surface area (Å²) >= 11 is 1.88. The predicted molar refractivity (Wildman–Crippen MR) is 95.4 cm³/mol. The maximum absolute atomic E-state index is 3.51. The van der Waals surface area contributed by atoms with Gasteiger partial charge in [0.1, 0.15) is 0 Å². The molecule has 1 aromatic carbocycles. The van der Waals surface area contributed by atoms with Gasteiger partial charge in [-0.05, 0) is 68.2 Å². The zero-order valence-electron chi connectivity index (χ0n) is 13.8. The van der Waals surface area contributed by atoms with E-state index in [0.29, 0.717) is 11.8 Å². The summed E-state index contributed by atoms with van der Waals surface area (Å²) in [4.78, 5) is 1.50. The van der Waals surface area contributed by atoms with E-state index >= 15 is 0 Å². The first kappa shape index (κ1) is 16.1. The highest BCUT2D eigenvalue weighted by Gasteiger charge is 2.17. The molecular formula is C19H27NS. The molecule has 1 aromatic heterocycles. The molecule has 114 valence electrons. The van der Waals surface area contributed by atoms with Crippen molar-refractivity contribution in [2.45, 2.75) is 52.5 Å². The first-order valence-electron chi connectivity index (χ1n) is 7.76. The summed E-state index contributed by atoms with van der Waals surface area (Å²) in [5, 5.41) is 5.70. The van der Waals surface area contributed by atoms with Crippen molar-refractivity contribution in [3.63, 3.8) is 0 Å². The van der Waals surface area contributed by atoms with E-state index in [4.69, 9.17) is 0 Å². The zero-order valence-corrected chi connectivity index (χ0v) is 14.6. The van der Waals surface area contributed by atoms with Crippen LogP contribution in [0.25, 0.3) is 0 Å². The molecule has 1 nitrogen and oxygen atoms in total. The van der Waals surface area contributed by atoms with E-state index in [9.17, 15) is 0 Å². The Hall–Kier alpha value is -1.28. The van der Waals surface area contributed by atoms with Crippen LogP contribution in [0.1, 0.15) is 51.0 Å². The highest BCUT2D eigenvalue weighted by molar-refractivity contribution is 7.10. The molecule has 0 aliphatic heterocycles. The van der Waals surface area contributed by atoms with E-state index in [1.807, 2.05) is 11.3 Å². The molecule has 1 heterocycles. The molecule has 1 atom stereocenters. The molecule has 0 bridgehead atoms. The Bertz CT molecular complexity index is 532. The number of benzene rings is 1. The first-order chi connectivity index (χ1) is 9.85. The number of hydrogen-bond acceptors (Lipinski definition) is 2. The summed E-state index contributed by atoms with van der Waals surface area (Å²) in [7, 11) is 0. The van der Waals surface area contributed by atoms with Gasteiger partial charge in [0.15, 0.2) is 0 Å². The smallest absolute Gasteiger partial charge is 0.0344 e. The van der Waals surface area contributed by atoms with E-state index < -0.39 is 0 Å². The minimum Gasteiger partial charge on any atom is -0.380 e. The van der Waals surface area contributed by atoms with Crippen LogP contribution in [0.15, 0.2) is 41.8 Å². The molecule has 2 aromatic rings. The molecule has 0 saturated carbocycles. The van der Waals surface area contributed by atoms with Gasteiger partial charge in [0.25, 0.3) is 0 Å². The fraction of sp³-hybridized carbons (Fsp3) is 0.474. The average Bonchev–Trinajstić information content (AvgIpc) is 2.89. The Kier molecular flexibility index (Phi) is 5.10. The Balaban J connectivity index is 2.08. The van der Waals surface area contributed by atoms with Crippen molar-refractivity contribution in [3.8, 4) is 0 Å². The summed E-state index contributed by atoms with van der Waals surface area (Å²) in [6.07, 6.45) is 1.12. The topological polar surface area (TPSA) is 12.0 Å². The van der Waals surface area contributed by atoms with Gasteiger partial charge in [-0.25, -0.2) is 0 Å². The predicted octanol–water partition coefficient (Wildman–Crippen LogP) is 5.94. The van der Waals surface area contributed by atoms with Gasteiger partial charge < -0.3 is 5.32 Å². The second-order valence-electron chi connectivity index (χ2n) is 7.14. The van der Waals surface area contributed by atoms with Crippen LogP contribution >= 0.6 is 11.3 Å². The minimum absolute atomic E-state index is 0.110. The van der Waals surface area contributed by atoms with E-state index in [-0.39, 0.29) is 5.54 Å². The second kappa shape index (κ2) is 6.65. The maximum atomic E-state index is 3.51. The minimum atomic E-state index is 0.110. The van der Waals surface area contributed by atoms with Gasteiger partial charge in [-0.1, -0.05) is 32.0 Å². The van der Waals surface area contributed by atoms with Crippen molar-refractivity contribution in [1.82, 2.24) is 0 Å². The summed E-state index contributed by atoms with van der Waals surface area (Å²) in [6, 6.07) is 13.4. The van der Waals surface area contributed by atoms with Crippen molar-refractivity contribution in [1.29, 1.82) is 0 Å².